The first-order chi connectivity index (χ1) is 9.26. The van der Waals surface area contributed by atoms with E-state index in [0.717, 1.165) is 52.5 Å². The number of hydrogen-bond donors (Lipinski definition) is 0. The van der Waals surface area contributed by atoms with E-state index in [-0.39, 0.29) is 15.4 Å². The van der Waals surface area contributed by atoms with Crippen molar-refractivity contribution in [3.8, 4) is 0 Å². The van der Waals surface area contributed by atoms with Crippen LogP contribution in [0, 0.1) is 5.41 Å². The molecule has 0 aliphatic carbocycles. The maximum Gasteiger partial charge on any atom is 0.134 e. The van der Waals surface area contributed by atoms with Crippen LogP contribution in [0.2, 0.25) is 6.04 Å². The van der Waals surface area contributed by atoms with Crippen molar-refractivity contribution >= 4 is 9.52 Å². The van der Waals surface area contributed by atoms with Crippen molar-refractivity contribution < 1.29 is 18.9 Å². The van der Waals surface area contributed by atoms with Gasteiger partial charge in [-0.3, -0.25) is 0 Å². The molecule has 1 aliphatic rings. The summed E-state index contributed by atoms with van der Waals surface area (Å²) in [7, 11) is -0.304. The average Bonchev–Trinajstić information content (AvgIpc) is 2.36. The van der Waals surface area contributed by atoms with E-state index in [0.29, 0.717) is 5.41 Å². The van der Waals surface area contributed by atoms with Crippen LogP contribution in [0.4, 0.5) is 0 Å². The van der Waals surface area contributed by atoms with Crippen molar-refractivity contribution in [1.29, 1.82) is 0 Å². The minimum atomic E-state index is -0.304. The molecule has 0 amide bonds. The maximum absolute atomic E-state index is 5.79. The van der Waals surface area contributed by atoms with Crippen molar-refractivity contribution in [1.82, 2.24) is 0 Å². The second kappa shape index (κ2) is 9.88. The van der Waals surface area contributed by atoms with Gasteiger partial charge in [-0.05, 0) is 26.7 Å². The molecule has 19 heavy (non-hydrogen) atoms. The summed E-state index contributed by atoms with van der Waals surface area (Å²) in [5.41, 5.74) is 0.316. The van der Waals surface area contributed by atoms with Gasteiger partial charge >= 0.3 is 0 Å². The molecular formula is C14H30O4Si. The normalized spacial score (nSPS) is 18.3. The summed E-state index contributed by atoms with van der Waals surface area (Å²) in [4.78, 5) is 0. The first-order valence-corrected chi connectivity index (χ1v) is 9.46. The lowest BCUT2D eigenvalue weighted by molar-refractivity contribution is -0.150. The summed E-state index contributed by atoms with van der Waals surface area (Å²) in [5, 5.41) is 0. The average molecular weight is 290 g/mol. The molecule has 1 aliphatic heterocycles. The fourth-order valence-electron chi connectivity index (χ4n) is 2.17. The van der Waals surface area contributed by atoms with E-state index in [2.05, 4.69) is 6.92 Å². The fourth-order valence-corrected chi connectivity index (χ4v) is 3.80. The Morgan fingerprint density at radius 1 is 1.16 bits per heavy atom. The van der Waals surface area contributed by atoms with E-state index in [1.807, 2.05) is 13.8 Å². The summed E-state index contributed by atoms with van der Waals surface area (Å²) in [5.74, 6) is 0.0945. The first kappa shape index (κ1) is 17.1. The lowest BCUT2D eigenvalue weighted by atomic mass is 9.84. The van der Waals surface area contributed by atoms with Crippen molar-refractivity contribution in [3.63, 3.8) is 0 Å². The molecule has 0 N–H and O–H groups in total. The first-order valence-electron chi connectivity index (χ1n) is 7.65. The van der Waals surface area contributed by atoms with Crippen molar-refractivity contribution in [2.24, 2.45) is 5.41 Å². The Kier molecular flexibility index (Phi) is 8.90. The van der Waals surface area contributed by atoms with E-state index in [1.54, 1.807) is 0 Å². The van der Waals surface area contributed by atoms with E-state index in [4.69, 9.17) is 18.9 Å². The van der Waals surface area contributed by atoms with Gasteiger partial charge in [0.05, 0.1) is 29.3 Å². The summed E-state index contributed by atoms with van der Waals surface area (Å²) >= 11 is 0. The SMILES string of the molecule is CCOC(OCC)[SiH2]CCCOCC1(CC)COC1. The van der Waals surface area contributed by atoms with Crippen LogP contribution >= 0.6 is 0 Å². The monoisotopic (exact) mass is 290 g/mol. The Balaban J connectivity index is 1.97. The highest BCUT2D eigenvalue weighted by molar-refractivity contribution is 6.36. The third-order valence-electron chi connectivity index (χ3n) is 3.66. The highest BCUT2D eigenvalue weighted by Crippen LogP contribution is 2.31. The summed E-state index contributed by atoms with van der Waals surface area (Å²) in [6.07, 6.45) is 2.28. The number of rotatable bonds is 12. The molecule has 0 atom stereocenters. The molecule has 1 fully saturated rings. The predicted molar refractivity (Wildman–Crippen MR) is 79.4 cm³/mol. The van der Waals surface area contributed by atoms with E-state index in [9.17, 15) is 0 Å². The van der Waals surface area contributed by atoms with E-state index < -0.39 is 0 Å². The van der Waals surface area contributed by atoms with Gasteiger partial charge in [0.25, 0.3) is 0 Å². The fraction of sp³-hybridized carbons (Fsp3) is 1.00. The van der Waals surface area contributed by atoms with E-state index >= 15 is 0 Å². The smallest absolute Gasteiger partial charge is 0.134 e. The topological polar surface area (TPSA) is 36.9 Å². The molecule has 5 heteroatoms. The Hall–Kier alpha value is 0.0569. The molecule has 0 aromatic rings. The lowest BCUT2D eigenvalue weighted by Crippen LogP contribution is -2.45. The summed E-state index contributed by atoms with van der Waals surface area (Å²) in [6.45, 7) is 11.2. The van der Waals surface area contributed by atoms with Crippen LogP contribution < -0.4 is 0 Å². The Labute approximate surface area is 120 Å². The summed E-state index contributed by atoms with van der Waals surface area (Å²) in [6, 6.07) is 1.22. The van der Waals surface area contributed by atoms with Gasteiger partial charge < -0.3 is 18.9 Å². The zero-order valence-electron chi connectivity index (χ0n) is 12.8. The van der Waals surface area contributed by atoms with Gasteiger partial charge in [0.1, 0.15) is 5.91 Å². The standard InChI is InChI=1S/C14H30O4Si/c1-4-14(11-16-12-14)10-15-8-7-9-19-13(17-5-2)18-6-3/h13H,4-12,19H2,1-3H3. The molecule has 0 saturated carbocycles. The van der Waals surface area contributed by atoms with Gasteiger partial charge in [-0.2, -0.15) is 0 Å². The van der Waals surface area contributed by atoms with Crippen LogP contribution in [0.5, 0.6) is 0 Å². The molecule has 0 unspecified atom stereocenters. The molecular weight excluding hydrogens is 260 g/mol. The molecule has 0 bridgehead atoms. The maximum atomic E-state index is 5.79. The van der Waals surface area contributed by atoms with Crippen LogP contribution in [0.25, 0.3) is 0 Å². The van der Waals surface area contributed by atoms with Crippen molar-refractivity contribution in [2.45, 2.75) is 45.6 Å². The molecule has 0 aromatic carbocycles. The van der Waals surface area contributed by atoms with Crippen LogP contribution in [-0.4, -0.2) is 55.1 Å². The molecule has 1 saturated heterocycles. The largest absolute Gasteiger partial charge is 0.381 e. The minimum Gasteiger partial charge on any atom is -0.381 e. The van der Waals surface area contributed by atoms with Gasteiger partial charge in [-0.1, -0.05) is 13.0 Å². The Morgan fingerprint density at radius 3 is 2.32 bits per heavy atom. The zero-order chi connectivity index (χ0) is 14.0. The van der Waals surface area contributed by atoms with E-state index in [1.165, 1.54) is 6.04 Å². The molecule has 0 radical (unpaired) electrons. The molecule has 114 valence electrons. The molecule has 0 spiro atoms. The Morgan fingerprint density at radius 2 is 1.84 bits per heavy atom. The number of ether oxygens (including phenoxy) is 4. The highest BCUT2D eigenvalue weighted by Gasteiger charge is 2.36. The van der Waals surface area contributed by atoms with Crippen LogP contribution in [0.15, 0.2) is 0 Å². The van der Waals surface area contributed by atoms with Crippen molar-refractivity contribution in [3.05, 3.63) is 0 Å². The third-order valence-corrected chi connectivity index (χ3v) is 5.51. The van der Waals surface area contributed by atoms with Crippen LogP contribution in [0.1, 0.15) is 33.6 Å². The lowest BCUT2D eigenvalue weighted by Gasteiger charge is -2.40. The summed E-state index contributed by atoms with van der Waals surface area (Å²) < 4.78 is 22.2. The second-order valence-electron chi connectivity index (χ2n) is 5.23. The second-order valence-corrected chi connectivity index (χ2v) is 7.19. The third kappa shape index (κ3) is 6.36. The van der Waals surface area contributed by atoms with Gasteiger partial charge in [0, 0.05) is 25.2 Å². The zero-order valence-corrected chi connectivity index (χ0v) is 14.2. The van der Waals surface area contributed by atoms with Gasteiger partial charge in [0.15, 0.2) is 0 Å². The molecule has 1 heterocycles. The molecule has 1 rings (SSSR count). The van der Waals surface area contributed by atoms with Crippen molar-refractivity contribution in [2.75, 3.05) is 39.6 Å². The minimum absolute atomic E-state index is 0.0945. The molecule has 0 aromatic heterocycles. The van der Waals surface area contributed by atoms with Gasteiger partial charge in [-0.15, -0.1) is 0 Å². The van der Waals surface area contributed by atoms with Gasteiger partial charge in [0.2, 0.25) is 0 Å². The Bertz CT molecular complexity index is 210. The predicted octanol–water partition coefficient (Wildman–Crippen LogP) is 1.76. The molecule has 4 nitrogen and oxygen atoms in total. The van der Waals surface area contributed by atoms with Gasteiger partial charge in [-0.25, -0.2) is 0 Å². The van der Waals surface area contributed by atoms with Crippen LogP contribution in [0.3, 0.4) is 0 Å². The van der Waals surface area contributed by atoms with Crippen LogP contribution in [-0.2, 0) is 18.9 Å². The quantitative estimate of drug-likeness (QED) is 0.312. The highest BCUT2D eigenvalue weighted by atomic mass is 28.2. The number of hydrogen-bond acceptors (Lipinski definition) is 4.